The zero-order valence-electron chi connectivity index (χ0n) is 10.3. The quantitative estimate of drug-likeness (QED) is 0.629. The van der Waals surface area contributed by atoms with E-state index in [9.17, 15) is 0 Å². The molecule has 4 bridgehead atoms. The van der Waals surface area contributed by atoms with Crippen molar-refractivity contribution in [2.75, 3.05) is 0 Å². The second kappa shape index (κ2) is 6.08. The molecule has 0 radical (unpaired) electrons. The van der Waals surface area contributed by atoms with Crippen molar-refractivity contribution in [3.63, 3.8) is 0 Å². The van der Waals surface area contributed by atoms with Gasteiger partial charge in [0.15, 0.2) is 0 Å². The number of rotatable bonds is 0. The van der Waals surface area contributed by atoms with Gasteiger partial charge in [0.25, 0.3) is 0 Å². The van der Waals surface area contributed by atoms with Crippen LogP contribution in [0.2, 0.25) is 0 Å². The van der Waals surface area contributed by atoms with E-state index in [1.165, 1.54) is 43.5 Å². The van der Waals surface area contributed by atoms with Crippen molar-refractivity contribution in [3.05, 3.63) is 70.8 Å². The van der Waals surface area contributed by atoms with Crippen molar-refractivity contribution < 1.29 is 0 Å². The van der Waals surface area contributed by atoms with Crippen LogP contribution >= 0.6 is 0 Å². The molecule has 92 valence electrons. The molecule has 4 heterocycles. The van der Waals surface area contributed by atoms with E-state index < -0.39 is 0 Å². The van der Waals surface area contributed by atoms with E-state index in [4.69, 9.17) is 0 Å². The summed E-state index contributed by atoms with van der Waals surface area (Å²) in [5, 5.41) is 5.06. The predicted octanol–water partition coefficient (Wildman–Crippen LogP) is 2.81. The van der Waals surface area contributed by atoms with Crippen LogP contribution in [0.25, 0.3) is 0 Å². The predicted molar refractivity (Wildman–Crippen MR) is 79.2 cm³/mol. The Morgan fingerprint density at radius 3 is 0.889 bits per heavy atom. The molecule has 6 rings (SSSR count). The van der Waals surface area contributed by atoms with Crippen molar-refractivity contribution in [1.29, 1.82) is 0 Å². The van der Waals surface area contributed by atoms with Crippen molar-refractivity contribution in [1.82, 2.24) is 0 Å². The van der Waals surface area contributed by atoms with E-state index >= 15 is 0 Å². The van der Waals surface area contributed by atoms with Gasteiger partial charge in [-0.15, -0.1) is 0 Å². The Bertz CT molecular complexity index is 404. The van der Waals surface area contributed by atoms with E-state index in [2.05, 4.69) is 48.5 Å². The van der Waals surface area contributed by atoms with Gasteiger partial charge in [-0.25, -0.2) is 0 Å². The first kappa shape index (κ1) is 12.5. The van der Waals surface area contributed by atoms with Crippen molar-refractivity contribution in [2.45, 2.75) is 21.3 Å². The maximum absolute atomic E-state index is 2.33. The van der Waals surface area contributed by atoms with Gasteiger partial charge in [0.1, 0.15) is 0 Å². The summed E-state index contributed by atoms with van der Waals surface area (Å²) < 4.78 is 0. The van der Waals surface area contributed by atoms with Crippen LogP contribution in [0.1, 0.15) is 22.3 Å². The molecule has 0 fully saturated rings. The van der Waals surface area contributed by atoms with Crippen LogP contribution in [0, 0.1) is 0 Å². The summed E-state index contributed by atoms with van der Waals surface area (Å²) in [5.74, 6) is 0. The van der Waals surface area contributed by atoms with Gasteiger partial charge in [0.2, 0.25) is 0 Å². The van der Waals surface area contributed by atoms with Crippen LogP contribution in [-0.2, 0) is 21.3 Å². The average molecular weight is 366 g/mol. The molecule has 0 N–H and O–H groups in total. The SMILES string of the molecule is c1cc2ccc1C[Se]Cc1ccc(cc1)C[Se]C2. The van der Waals surface area contributed by atoms with Gasteiger partial charge < -0.3 is 0 Å². The topological polar surface area (TPSA) is 0 Å². The molecule has 18 heavy (non-hydrogen) atoms. The van der Waals surface area contributed by atoms with Crippen LogP contribution < -0.4 is 0 Å². The molecule has 2 aromatic carbocycles. The van der Waals surface area contributed by atoms with Gasteiger partial charge in [-0.1, -0.05) is 0 Å². The maximum atomic E-state index is 2.33. The normalized spacial score (nSPS) is 15.6. The fraction of sp³-hybridized carbons (Fsp3) is 0.250. The molecule has 0 spiro atoms. The Morgan fingerprint density at radius 2 is 0.667 bits per heavy atom. The summed E-state index contributed by atoms with van der Waals surface area (Å²) in [5.41, 5.74) is 6.06. The van der Waals surface area contributed by atoms with Crippen LogP contribution in [0.15, 0.2) is 48.5 Å². The van der Waals surface area contributed by atoms with Crippen LogP contribution in [0.5, 0.6) is 0 Å². The summed E-state index contributed by atoms with van der Waals surface area (Å²) in [6, 6.07) is 18.7. The van der Waals surface area contributed by atoms with Crippen LogP contribution in [0.4, 0.5) is 0 Å². The number of hydrogen-bond donors (Lipinski definition) is 0. The third kappa shape index (κ3) is 3.27. The summed E-state index contributed by atoms with van der Waals surface area (Å²) in [6.07, 6.45) is 0. The van der Waals surface area contributed by atoms with Crippen molar-refractivity contribution in [2.24, 2.45) is 0 Å². The molecule has 0 nitrogen and oxygen atoms in total. The number of benzene rings is 2. The molecule has 0 amide bonds. The Labute approximate surface area is 122 Å². The third-order valence-corrected chi connectivity index (χ3v) is 7.63. The molecule has 0 saturated heterocycles. The van der Waals surface area contributed by atoms with E-state index in [0.29, 0.717) is 29.9 Å². The van der Waals surface area contributed by atoms with Gasteiger partial charge in [-0.2, -0.15) is 0 Å². The molecular weight excluding hydrogens is 350 g/mol. The fourth-order valence-corrected chi connectivity index (χ4v) is 6.06. The number of hydrogen-bond acceptors (Lipinski definition) is 0. The molecule has 4 aliphatic heterocycles. The molecule has 0 aliphatic carbocycles. The Hall–Kier alpha value is -0.521. The standard InChI is InChI=1S/C16H16Se2/c1-2-14-4-3-13(1)9-17-11-15-5-7-16(8-6-15)12-18-10-14/h1-8H,9-12H2. The van der Waals surface area contributed by atoms with E-state index in [1.807, 2.05) is 0 Å². The van der Waals surface area contributed by atoms with E-state index in [-0.39, 0.29) is 0 Å². The summed E-state index contributed by atoms with van der Waals surface area (Å²) in [7, 11) is 0. The molecule has 2 heteroatoms. The first-order valence-corrected chi connectivity index (χ1v) is 11.1. The minimum absolute atomic E-state index is 0.692. The molecular formula is C16H16Se2. The Balaban J connectivity index is 1.82. The molecule has 0 aromatic heterocycles. The third-order valence-electron chi connectivity index (χ3n) is 3.12. The van der Waals surface area contributed by atoms with Crippen molar-refractivity contribution >= 4 is 29.9 Å². The molecule has 0 atom stereocenters. The van der Waals surface area contributed by atoms with E-state index in [0.717, 1.165) is 0 Å². The van der Waals surface area contributed by atoms with Crippen LogP contribution in [0.3, 0.4) is 0 Å². The van der Waals surface area contributed by atoms with E-state index in [1.54, 1.807) is 0 Å². The van der Waals surface area contributed by atoms with Crippen LogP contribution in [-0.4, -0.2) is 29.9 Å². The first-order chi connectivity index (χ1) is 8.90. The Kier molecular flexibility index (Phi) is 4.23. The van der Waals surface area contributed by atoms with Gasteiger partial charge in [-0.05, 0) is 0 Å². The molecule has 2 aromatic rings. The summed E-state index contributed by atoms with van der Waals surface area (Å²) in [4.78, 5) is 0. The molecule has 0 unspecified atom stereocenters. The molecule has 0 saturated carbocycles. The average Bonchev–Trinajstić information content (AvgIpc) is 2.43. The Morgan fingerprint density at radius 1 is 0.444 bits per heavy atom. The first-order valence-electron chi connectivity index (χ1n) is 6.21. The second-order valence-corrected chi connectivity index (χ2v) is 8.75. The van der Waals surface area contributed by atoms with Gasteiger partial charge >= 0.3 is 122 Å². The minimum atomic E-state index is 0.692. The van der Waals surface area contributed by atoms with Gasteiger partial charge in [0.05, 0.1) is 0 Å². The fourth-order valence-electron chi connectivity index (χ4n) is 2.04. The zero-order valence-corrected chi connectivity index (χ0v) is 13.7. The monoisotopic (exact) mass is 368 g/mol. The van der Waals surface area contributed by atoms with Gasteiger partial charge in [0, 0.05) is 0 Å². The molecule has 4 aliphatic rings. The van der Waals surface area contributed by atoms with Gasteiger partial charge in [-0.3, -0.25) is 0 Å². The summed E-state index contributed by atoms with van der Waals surface area (Å²) >= 11 is 1.38. The second-order valence-electron chi connectivity index (χ2n) is 4.62. The summed E-state index contributed by atoms with van der Waals surface area (Å²) in [6.45, 7) is 0. The van der Waals surface area contributed by atoms with Crippen molar-refractivity contribution in [3.8, 4) is 0 Å². The zero-order chi connectivity index (χ0) is 12.2.